The Balaban J connectivity index is 0.00000256. The third-order valence-electron chi connectivity index (χ3n) is 4.16. The molecule has 4 N–H and O–H groups in total. The van der Waals surface area contributed by atoms with E-state index in [9.17, 15) is 18.9 Å². The molecule has 12 heteroatoms. The number of rotatable bonds is 4. The molecule has 1 aromatic carbocycles. The van der Waals surface area contributed by atoms with Crippen molar-refractivity contribution >= 4 is 28.4 Å². The van der Waals surface area contributed by atoms with Crippen LogP contribution < -0.4 is 11.5 Å². The maximum absolute atomic E-state index is 14.1. The molecule has 0 amide bonds. The number of fused-ring (bicyclic) bond motifs is 1. The maximum Gasteiger partial charge on any atom is 0.352 e. The predicted molar refractivity (Wildman–Crippen MR) is 106 cm³/mol. The molecule has 0 fully saturated rings. The van der Waals surface area contributed by atoms with E-state index in [4.69, 9.17) is 11.5 Å². The van der Waals surface area contributed by atoms with Crippen molar-refractivity contribution in [3.05, 3.63) is 63.8 Å². The van der Waals surface area contributed by atoms with E-state index in [0.717, 1.165) is 12.3 Å². The van der Waals surface area contributed by atoms with Crippen molar-refractivity contribution in [3.8, 4) is 11.5 Å². The Morgan fingerprint density at radius 3 is 2.43 bits per heavy atom. The first-order valence-corrected chi connectivity index (χ1v) is 8.18. The van der Waals surface area contributed by atoms with E-state index in [1.807, 2.05) is 0 Å². The Morgan fingerprint density at radius 2 is 1.80 bits per heavy atom. The van der Waals surface area contributed by atoms with Crippen LogP contribution in [0.15, 0.2) is 36.5 Å². The van der Waals surface area contributed by atoms with E-state index in [-0.39, 0.29) is 36.5 Å². The minimum absolute atomic E-state index is 0. The lowest BCUT2D eigenvalue weighted by molar-refractivity contribution is -0.383. The van der Waals surface area contributed by atoms with Gasteiger partial charge in [-0.1, -0.05) is 25.6 Å². The number of hydrogen-bond donors (Lipinski definition) is 2. The fraction of sp³-hybridized carbons (Fsp3) is 0.111. The number of hydrogen-bond acceptors (Lipinski definition) is 8. The summed E-state index contributed by atoms with van der Waals surface area (Å²) in [6.07, 6.45) is 0.991. The first-order chi connectivity index (χ1) is 13.8. The van der Waals surface area contributed by atoms with E-state index < -0.39 is 33.9 Å². The van der Waals surface area contributed by atoms with Gasteiger partial charge in [0.15, 0.2) is 11.5 Å². The summed E-state index contributed by atoms with van der Waals surface area (Å²) in [5, 5.41) is 15.6. The Morgan fingerprint density at radius 1 is 1.13 bits per heavy atom. The average molecular weight is 414 g/mol. The number of nitro groups is 1. The second kappa shape index (κ2) is 7.66. The second-order valence-electron chi connectivity index (χ2n) is 6.05. The molecule has 4 aromatic rings. The molecule has 0 saturated carbocycles. The van der Waals surface area contributed by atoms with Gasteiger partial charge in [-0.15, -0.1) is 0 Å². The molecule has 0 atom stereocenters. The Kier molecular flexibility index (Phi) is 5.24. The summed E-state index contributed by atoms with van der Waals surface area (Å²) >= 11 is 0. The molecule has 0 bridgehead atoms. The van der Waals surface area contributed by atoms with Gasteiger partial charge in [-0.05, 0) is 12.1 Å². The molecule has 0 spiro atoms. The summed E-state index contributed by atoms with van der Waals surface area (Å²) in [6, 6.07) is 7.24. The van der Waals surface area contributed by atoms with Crippen LogP contribution in [0.5, 0.6) is 0 Å². The van der Waals surface area contributed by atoms with Gasteiger partial charge in [0.2, 0.25) is 11.6 Å². The van der Waals surface area contributed by atoms with Crippen molar-refractivity contribution in [3.63, 3.8) is 0 Å². The van der Waals surface area contributed by atoms with Crippen LogP contribution in [0.3, 0.4) is 0 Å². The number of aromatic nitrogens is 5. The third-order valence-corrected chi connectivity index (χ3v) is 4.16. The highest BCUT2D eigenvalue weighted by Crippen LogP contribution is 2.31. The topological polar surface area (TPSA) is 152 Å². The van der Waals surface area contributed by atoms with Crippen LogP contribution in [0.25, 0.3) is 22.6 Å². The van der Waals surface area contributed by atoms with Crippen LogP contribution in [0, 0.1) is 21.7 Å². The van der Waals surface area contributed by atoms with E-state index in [0.29, 0.717) is 5.56 Å². The molecular weight excluding hydrogens is 398 g/mol. The van der Waals surface area contributed by atoms with Crippen LogP contribution >= 0.6 is 0 Å². The Hall–Kier alpha value is -4.22. The summed E-state index contributed by atoms with van der Waals surface area (Å²) in [6.45, 7) is -0.000247. The smallest absolute Gasteiger partial charge is 0.352 e. The first-order valence-electron chi connectivity index (χ1n) is 8.18. The van der Waals surface area contributed by atoms with Gasteiger partial charge >= 0.3 is 5.69 Å². The quantitative estimate of drug-likeness (QED) is 0.382. The summed E-state index contributed by atoms with van der Waals surface area (Å²) in [5.41, 5.74) is 11.3. The Labute approximate surface area is 168 Å². The summed E-state index contributed by atoms with van der Waals surface area (Å²) < 4.78 is 29.2. The fourth-order valence-corrected chi connectivity index (χ4v) is 2.88. The van der Waals surface area contributed by atoms with Crippen LogP contribution in [0.1, 0.15) is 13.0 Å². The zero-order valence-electron chi connectivity index (χ0n) is 14.6. The molecule has 0 unspecified atom stereocenters. The van der Waals surface area contributed by atoms with Crippen molar-refractivity contribution in [1.29, 1.82) is 0 Å². The summed E-state index contributed by atoms with van der Waals surface area (Å²) in [7, 11) is 0. The molecular formula is C18H16F2N8O2. The van der Waals surface area contributed by atoms with Gasteiger partial charge in [0.05, 0.1) is 23.1 Å². The van der Waals surface area contributed by atoms with E-state index >= 15 is 0 Å². The maximum atomic E-state index is 14.1. The minimum Gasteiger partial charge on any atom is -0.378 e. The number of nitrogens with zero attached hydrogens (tertiary/aromatic N) is 6. The van der Waals surface area contributed by atoms with Crippen LogP contribution in [0.4, 0.5) is 26.1 Å². The van der Waals surface area contributed by atoms with Crippen molar-refractivity contribution in [2.45, 2.75) is 14.0 Å². The lowest BCUT2D eigenvalue weighted by Crippen LogP contribution is -2.08. The zero-order valence-corrected chi connectivity index (χ0v) is 14.6. The largest absolute Gasteiger partial charge is 0.378 e. The van der Waals surface area contributed by atoms with Crippen molar-refractivity contribution in [2.75, 3.05) is 11.5 Å². The number of anilines is 2. The average Bonchev–Trinajstić information content (AvgIpc) is 3.00. The molecule has 0 aliphatic rings. The van der Waals surface area contributed by atoms with E-state index in [1.54, 1.807) is 18.2 Å². The molecule has 10 nitrogen and oxygen atoms in total. The number of nitrogens with two attached hydrogens (primary N) is 2. The lowest BCUT2D eigenvalue weighted by Gasteiger charge is -2.04. The normalized spacial score (nSPS) is 10.7. The van der Waals surface area contributed by atoms with E-state index in [1.165, 1.54) is 10.7 Å². The highest BCUT2D eigenvalue weighted by molar-refractivity contribution is 5.90. The van der Waals surface area contributed by atoms with Crippen molar-refractivity contribution < 1.29 is 13.7 Å². The molecule has 0 saturated heterocycles. The Bertz CT molecular complexity index is 1250. The molecule has 0 radical (unpaired) electrons. The van der Waals surface area contributed by atoms with Crippen LogP contribution in [0.2, 0.25) is 0 Å². The number of benzene rings is 1. The lowest BCUT2D eigenvalue weighted by atomic mass is 10.2. The van der Waals surface area contributed by atoms with Gasteiger partial charge < -0.3 is 11.5 Å². The van der Waals surface area contributed by atoms with E-state index in [2.05, 4.69) is 20.1 Å². The molecule has 154 valence electrons. The summed E-state index contributed by atoms with van der Waals surface area (Å²) in [5.74, 6) is -2.15. The molecule has 0 aliphatic heterocycles. The van der Waals surface area contributed by atoms with Crippen molar-refractivity contribution in [2.24, 2.45) is 0 Å². The standard InChI is InChI=1S/C17H12F2N8O2.CH4/c18-9-5-10-12(16-23-14(20)13(27(28)29)15(21)24-16)25-26(17(10)22-6-9)7-8-3-1-2-4-11(8)19;/h1-6H,7H2,(H4,20,21,23,24);1H4. The molecule has 0 aliphatic carbocycles. The highest BCUT2D eigenvalue weighted by atomic mass is 19.1. The molecule has 4 rings (SSSR count). The second-order valence-corrected chi connectivity index (χ2v) is 6.05. The fourth-order valence-electron chi connectivity index (χ4n) is 2.88. The number of halogens is 2. The minimum atomic E-state index is -0.801. The zero-order chi connectivity index (χ0) is 20.7. The van der Waals surface area contributed by atoms with Gasteiger partial charge in [-0.2, -0.15) is 5.10 Å². The monoisotopic (exact) mass is 414 g/mol. The number of pyridine rings is 1. The van der Waals surface area contributed by atoms with Crippen molar-refractivity contribution in [1.82, 2.24) is 24.7 Å². The van der Waals surface area contributed by atoms with Gasteiger partial charge in [0.1, 0.15) is 17.3 Å². The molecule has 30 heavy (non-hydrogen) atoms. The highest BCUT2D eigenvalue weighted by Gasteiger charge is 2.24. The van der Waals surface area contributed by atoms with Gasteiger partial charge in [0, 0.05) is 5.56 Å². The molecule has 3 heterocycles. The summed E-state index contributed by atoms with van der Waals surface area (Å²) in [4.78, 5) is 22.0. The van der Waals surface area contributed by atoms with Crippen LogP contribution in [-0.4, -0.2) is 29.7 Å². The van der Waals surface area contributed by atoms with Gasteiger partial charge in [0.25, 0.3) is 0 Å². The number of nitrogen functional groups attached to an aromatic ring is 2. The third kappa shape index (κ3) is 3.45. The molecule has 3 aromatic heterocycles. The van der Waals surface area contributed by atoms with Crippen LogP contribution in [-0.2, 0) is 6.54 Å². The first kappa shape index (κ1) is 20.5. The SMILES string of the molecule is C.Nc1nc(-c2nn(Cc3ccccc3F)c3ncc(F)cc23)nc(N)c1[N+](=O)[O-]. The van der Waals surface area contributed by atoms with Gasteiger partial charge in [-0.25, -0.2) is 28.4 Å². The van der Waals surface area contributed by atoms with Gasteiger partial charge in [-0.3, -0.25) is 10.1 Å². The predicted octanol–water partition coefficient (Wildman–Crippen LogP) is 2.92.